The summed E-state index contributed by atoms with van der Waals surface area (Å²) in [7, 11) is -0.322. The lowest BCUT2D eigenvalue weighted by Gasteiger charge is -2.34. The number of carbonyl (C=O) groups is 2. The van der Waals surface area contributed by atoms with Crippen LogP contribution >= 0.6 is 34.8 Å². The molecule has 250 valence electrons. The highest BCUT2D eigenvalue weighted by Crippen LogP contribution is 2.37. The van der Waals surface area contributed by atoms with Gasteiger partial charge in [-0.15, -0.1) is 0 Å². The molecule has 0 saturated carbocycles. The second-order valence-corrected chi connectivity index (χ2v) is 13.7. The van der Waals surface area contributed by atoms with Crippen LogP contribution in [-0.4, -0.2) is 65.6 Å². The Hall–Kier alpha value is -3.38. The van der Waals surface area contributed by atoms with Crippen molar-refractivity contribution in [2.45, 2.75) is 44.7 Å². The van der Waals surface area contributed by atoms with Crippen LogP contribution in [0, 0.1) is 5.92 Å². The van der Waals surface area contributed by atoms with Gasteiger partial charge in [0.2, 0.25) is 11.8 Å². The van der Waals surface area contributed by atoms with E-state index in [9.17, 15) is 18.0 Å². The molecule has 0 radical (unpaired) electrons. The van der Waals surface area contributed by atoms with Crippen molar-refractivity contribution < 1.29 is 32.2 Å². The van der Waals surface area contributed by atoms with Gasteiger partial charge in [-0.05, 0) is 54.8 Å². The minimum Gasteiger partial charge on any atom is -0.495 e. The Bertz CT molecular complexity index is 1630. The molecule has 3 aromatic carbocycles. The SMILES string of the molecule is CC[C@@H](C(=O)NCC(C)C)N(Cc1c(Cl)cccc1Cl)C(=O)CN(c1cc(Cl)ccc1OC)S(=O)(=O)c1ccc(OC)c(OC)c1. The largest absolute Gasteiger partial charge is 0.495 e. The number of benzene rings is 3. The molecule has 10 nitrogen and oxygen atoms in total. The molecule has 3 rings (SSSR count). The predicted octanol–water partition coefficient (Wildman–Crippen LogP) is 6.45. The van der Waals surface area contributed by atoms with Gasteiger partial charge in [-0.3, -0.25) is 13.9 Å². The lowest BCUT2D eigenvalue weighted by molar-refractivity contribution is -0.140. The summed E-state index contributed by atoms with van der Waals surface area (Å²) in [4.78, 5) is 29.0. The summed E-state index contributed by atoms with van der Waals surface area (Å²) in [6.45, 7) is 5.13. The van der Waals surface area contributed by atoms with E-state index in [2.05, 4.69) is 5.32 Å². The number of sulfonamides is 1. The molecule has 14 heteroatoms. The monoisotopic (exact) mass is 713 g/mol. The van der Waals surface area contributed by atoms with Gasteiger partial charge in [0.05, 0.1) is 31.9 Å². The van der Waals surface area contributed by atoms with E-state index in [4.69, 9.17) is 49.0 Å². The quantitative estimate of drug-likeness (QED) is 0.193. The van der Waals surface area contributed by atoms with Crippen LogP contribution in [0.25, 0.3) is 0 Å². The molecule has 1 atom stereocenters. The van der Waals surface area contributed by atoms with Crippen molar-refractivity contribution in [2.75, 3.05) is 38.7 Å². The van der Waals surface area contributed by atoms with Crippen molar-refractivity contribution in [2.24, 2.45) is 5.92 Å². The predicted molar refractivity (Wildman–Crippen MR) is 181 cm³/mol. The van der Waals surface area contributed by atoms with Crippen molar-refractivity contribution in [1.82, 2.24) is 10.2 Å². The Morgan fingerprint density at radius 1 is 0.870 bits per heavy atom. The molecule has 0 aromatic heterocycles. The number of carbonyl (C=O) groups excluding carboxylic acids is 2. The molecule has 0 unspecified atom stereocenters. The highest BCUT2D eigenvalue weighted by Gasteiger charge is 2.36. The first kappa shape index (κ1) is 37.1. The molecule has 0 bridgehead atoms. The second kappa shape index (κ2) is 16.4. The number of halogens is 3. The highest BCUT2D eigenvalue weighted by molar-refractivity contribution is 7.92. The number of anilines is 1. The standard InChI is InChI=1S/C32H38Cl3N3O7S/c1-7-26(32(40)36-17-20(2)3)37(18-23-24(34)9-8-10-25(23)35)31(39)19-38(27-15-21(33)11-13-28(27)43-4)46(41,42)22-12-14-29(44-5)30(16-22)45-6/h8-16,20,26H,7,17-19H2,1-6H3,(H,36,40)/t26-/m0/s1. The maximum absolute atomic E-state index is 14.4. The molecule has 2 amide bonds. The third kappa shape index (κ3) is 8.70. The molecule has 0 heterocycles. The van der Waals surface area contributed by atoms with Crippen LogP contribution < -0.4 is 23.8 Å². The number of amides is 2. The first-order valence-electron chi connectivity index (χ1n) is 14.4. The zero-order chi connectivity index (χ0) is 34.2. The van der Waals surface area contributed by atoms with Gasteiger partial charge in [0, 0.05) is 39.8 Å². The lowest BCUT2D eigenvalue weighted by atomic mass is 10.1. The van der Waals surface area contributed by atoms with Crippen LogP contribution in [-0.2, 0) is 26.2 Å². The number of ether oxygens (including phenoxy) is 3. The number of hydrogen-bond donors (Lipinski definition) is 1. The molecule has 1 N–H and O–H groups in total. The van der Waals surface area contributed by atoms with Crippen molar-refractivity contribution in [3.05, 3.63) is 75.2 Å². The minimum absolute atomic E-state index is 0.00571. The van der Waals surface area contributed by atoms with E-state index in [0.29, 0.717) is 17.9 Å². The first-order valence-corrected chi connectivity index (χ1v) is 16.9. The van der Waals surface area contributed by atoms with Crippen LogP contribution in [0.4, 0.5) is 5.69 Å². The summed E-state index contributed by atoms with van der Waals surface area (Å²) in [5, 5.41) is 3.66. The molecule has 3 aromatic rings. The summed E-state index contributed by atoms with van der Waals surface area (Å²) in [5.74, 6) is -0.332. The number of methoxy groups -OCH3 is 3. The highest BCUT2D eigenvalue weighted by atomic mass is 35.5. The van der Waals surface area contributed by atoms with E-state index in [-0.39, 0.29) is 56.0 Å². The van der Waals surface area contributed by atoms with E-state index in [1.54, 1.807) is 25.1 Å². The number of hydrogen-bond acceptors (Lipinski definition) is 7. The van der Waals surface area contributed by atoms with Gasteiger partial charge < -0.3 is 24.4 Å². The van der Waals surface area contributed by atoms with Gasteiger partial charge in [0.25, 0.3) is 10.0 Å². The van der Waals surface area contributed by atoms with Crippen LogP contribution in [0.5, 0.6) is 17.2 Å². The summed E-state index contributed by atoms with van der Waals surface area (Å²) in [5.41, 5.74) is 0.412. The second-order valence-electron chi connectivity index (χ2n) is 10.6. The van der Waals surface area contributed by atoms with Crippen molar-refractivity contribution in [1.29, 1.82) is 0 Å². The van der Waals surface area contributed by atoms with Crippen molar-refractivity contribution in [3.8, 4) is 17.2 Å². The van der Waals surface area contributed by atoms with E-state index < -0.39 is 34.4 Å². The molecule has 0 fully saturated rings. The summed E-state index contributed by atoms with van der Waals surface area (Å²) in [6.07, 6.45) is 0.223. The Kier molecular flexibility index (Phi) is 13.3. The lowest BCUT2D eigenvalue weighted by Crippen LogP contribution is -2.52. The Balaban J connectivity index is 2.20. The Morgan fingerprint density at radius 3 is 2.04 bits per heavy atom. The van der Waals surface area contributed by atoms with Crippen LogP contribution in [0.15, 0.2) is 59.5 Å². The molecular formula is C32H38Cl3N3O7S. The third-order valence-electron chi connectivity index (χ3n) is 7.09. The summed E-state index contributed by atoms with van der Waals surface area (Å²) < 4.78 is 45.8. The summed E-state index contributed by atoms with van der Waals surface area (Å²) >= 11 is 19.3. The van der Waals surface area contributed by atoms with Gasteiger partial charge in [0.15, 0.2) is 11.5 Å². The number of rotatable bonds is 15. The third-order valence-corrected chi connectivity index (χ3v) is 9.79. The van der Waals surface area contributed by atoms with Gasteiger partial charge in [-0.25, -0.2) is 8.42 Å². The fourth-order valence-electron chi connectivity index (χ4n) is 4.67. The number of nitrogens with zero attached hydrogens (tertiary/aromatic N) is 2. The molecular weight excluding hydrogens is 677 g/mol. The van der Waals surface area contributed by atoms with Gasteiger partial charge in [0.1, 0.15) is 18.3 Å². The zero-order valence-corrected chi connectivity index (χ0v) is 29.6. The van der Waals surface area contributed by atoms with E-state index in [1.807, 2.05) is 13.8 Å². The smallest absolute Gasteiger partial charge is 0.265 e. The zero-order valence-electron chi connectivity index (χ0n) is 26.5. The van der Waals surface area contributed by atoms with E-state index >= 15 is 0 Å². The first-order chi connectivity index (χ1) is 21.8. The average molecular weight is 715 g/mol. The topological polar surface area (TPSA) is 114 Å². The minimum atomic E-state index is -4.49. The Morgan fingerprint density at radius 2 is 1.48 bits per heavy atom. The fourth-order valence-corrected chi connectivity index (χ4v) is 6.79. The maximum Gasteiger partial charge on any atom is 0.265 e. The molecule has 0 aliphatic heterocycles. The van der Waals surface area contributed by atoms with Crippen molar-refractivity contribution in [3.63, 3.8) is 0 Å². The Labute approximate surface area is 285 Å². The van der Waals surface area contributed by atoms with Gasteiger partial charge >= 0.3 is 0 Å². The molecule has 0 spiro atoms. The molecule has 0 aliphatic carbocycles. The van der Waals surface area contributed by atoms with Gasteiger partial charge in [-0.1, -0.05) is 61.6 Å². The summed E-state index contributed by atoms with van der Waals surface area (Å²) in [6, 6.07) is 12.4. The van der Waals surface area contributed by atoms with Crippen molar-refractivity contribution >= 4 is 62.3 Å². The van der Waals surface area contributed by atoms with Gasteiger partial charge in [-0.2, -0.15) is 0 Å². The van der Waals surface area contributed by atoms with Crippen LogP contribution in [0.3, 0.4) is 0 Å². The van der Waals surface area contributed by atoms with Crippen LogP contribution in [0.1, 0.15) is 32.8 Å². The molecule has 46 heavy (non-hydrogen) atoms. The normalized spacial score (nSPS) is 12.0. The number of nitrogens with one attached hydrogen (secondary N) is 1. The maximum atomic E-state index is 14.4. The fraction of sp³-hybridized carbons (Fsp3) is 0.375. The molecule has 0 saturated heterocycles. The molecule has 0 aliphatic rings. The van der Waals surface area contributed by atoms with E-state index in [1.165, 1.54) is 62.6 Å². The average Bonchev–Trinajstić information content (AvgIpc) is 3.03. The van der Waals surface area contributed by atoms with Crippen LogP contribution in [0.2, 0.25) is 15.1 Å². The van der Waals surface area contributed by atoms with E-state index in [0.717, 1.165) is 4.31 Å².